The topological polar surface area (TPSA) is 98.1 Å². The number of hydrogen-bond acceptors (Lipinski definition) is 5. The van der Waals surface area contributed by atoms with E-state index in [2.05, 4.69) is 9.97 Å². The first-order chi connectivity index (χ1) is 9.49. The molecule has 1 atom stereocenters. The number of aromatic nitrogens is 2. The van der Waals surface area contributed by atoms with Gasteiger partial charge < -0.3 is 16.4 Å². The maximum atomic E-state index is 11.5. The van der Waals surface area contributed by atoms with Gasteiger partial charge in [-0.3, -0.25) is 4.79 Å². The number of carbonyl (C=O) groups excluding carboxylic acids is 1. The molecule has 104 valence electrons. The maximum absolute atomic E-state index is 11.5. The number of carbonyl (C=O) groups is 1. The lowest BCUT2D eigenvalue weighted by Crippen LogP contribution is -2.37. The highest BCUT2D eigenvalue weighted by Gasteiger charge is 2.40. The lowest BCUT2D eigenvalue weighted by molar-refractivity contribution is -0.125. The molecule has 0 bridgehead atoms. The lowest BCUT2D eigenvalue weighted by atomic mass is 9.89. The van der Waals surface area contributed by atoms with Crippen LogP contribution in [0.4, 0.5) is 11.6 Å². The van der Waals surface area contributed by atoms with Gasteiger partial charge in [-0.2, -0.15) is 0 Å². The normalized spacial score (nSPS) is 22.4. The number of benzene rings is 1. The molecule has 2 aromatic rings. The van der Waals surface area contributed by atoms with E-state index in [0.717, 1.165) is 11.0 Å². The third kappa shape index (κ3) is 1.93. The second-order valence-electron chi connectivity index (χ2n) is 5.52. The number of nitrogens with two attached hydrogens (primary N) is 2. The minimum Gasteiger partial charge on any atom is -0.381 e. The summed E-state index contributed by atoms with van der Waals surface area (Å²) in [5.41, 5.74) is 12.5. The van der Waals surface area contributed by atoms with Crippen LogP contribution in [0.2, 0.25) is 0 Å². The predicted octanol–water partition coefficient (Wildman–Crippen LogP) is 0.914. The van der Waals surface area contributed by atoms with Crippen molar-refractivity contribution in [3.05, 3.63) is 24.3 Å². The highest BCUT2D eigenvalue weighted by Crippen LogP contribution is 2.34. The fraction of sp³-hybridized carbons (Fsp3) is 0.357. The van der Waals surface area contributed by atoms with E-state index in [1.54, 1.807) is 0 Å². The number of hydrogen-bond donors (Lipinski definition) is 2. The summed E-state index contributed by atoms with van der Waals surface area (Å²) in [6.07, 6.45) is 0.705. The number of nitrogen functional groups attached to an aromatic ring is 1. The minimum absolute atomic E-state index is 0.285. The number of para-hydroxylation sites is 2. The largest absolute Gasteiger partial charge is 0.381 e. The highest BCUT2D eigenvalue weighted by atomic mass is 16.1. The number of amides is 1. The zero-order valence-electron chi connectivity index (χ0n) is 11.3. The van der Waals surface area contributed by atoms with E-state index in [4.69, 9.17) is 11.5 Å². The Bertz CT molecular complexity index is 686. The summed E-state index contributed by atoms with van der Waals surface area (Å²) in [5, 5.41) is 0. The first-order valence-electron chi connectivity index (χ1n) is 6.57. The fourth-order valence-electron chi connectivity index (χ4n) is 2.58. The van der Waals surface area contributed by atoms with Gasteiger partial charge in [0.25, 0.3) is 0 Å². The second kappa shape index (κ2) is 4.33. The monoisotopic (exact) mass is 271 g/mol. The predicted molar refractivity (Wildman–Crippen MR) is 78.1 cm³/mol. The van der Waals surface area contributed by atoms with Crippen LogP contribution in [0.15, 0.2) is 24.3 Å². The van der Waals surface area contributed by atoms with Crippen molar-refractivity contribution in [1.82, 2.24) is 9.97 Å². The van der Waals surface area contributed by atoms with Crippen molar-refractivity contribution in [3.63, 3.8) is 0 Å². The third-order valence-electron chi connectivity index (χ3n) is 3.95. The Balaban J connectivity index is 1.99. The van der Waals surface area contributed by atoms with Gasteiger partial charge in [0.1, 0.15) is 0 Å². The van der Waals surface area contributed by atoms with E-state index in [9.17, 15) is 4.79 Å². The van der Waals surface area contributed by atoms with E-state index >= 15 is 0 Å². The molecule has 0 spiro atoms. The first-order valence-corrected chi connectivity index (χ1v) is 6.57. The van der Waals surface area contributed by atoms with Crippen molar-refractivity contribution >= 4 is 28.6 Å². The molecule has 3 rings (SSSR count). The number of primary amides is 1. The van der Waals surface area contributed by atoms with Gasteiger partial charge in [0.05, 0.1) is 16.4 Å². The summed E-state index contributed by atoms with van der Waals surface area (Å²) in [7, 11) is 0. The first kappa shape index (κ1) is 12.7. The molecule has 6 heteroatoms. The van der Waals surface area contributed by atoms with E-state index in [-0.39, 0.29) is 5.91 Å². The van der Waals surface area contributed by atoms with E-state index < -0.39 is 5.41 Å². The fourth-order valence-corrected chi connectivity index (χ4v) is 2.58. The zero-order valence-corrected chi connectivity index (χ0v) is 11.3. The molecule has 0 aliphatic carbocycles. The molecular formula is C14H17N5O. The van der Waals surface area contributed by atoms with Crippen LogP contribution in [0.1, 0.15) is 13.3 Å². The molecule has 2 heterocycles. The van der Waals surface area contributed by atoms with Crippen LogP contribution in [0.3, 0.4) is 0 Å². The van der Waals surface area contributed by atoms with Crippen LogP contribution in [0, 0.1) is 5.41 Å². The smallest absolute Gasteiger partial charge is 0.225 e. The molecule has 1 aromatic heterocycles. The number of anilines is 2. The summed E-state index contributed by atoms with van der Waals surface area (Å²) in [5.74, 6) is 0.735. The Morgan fingerprint density at radius 2 is 1.95 bits per heavy atom. The molecule has 20 heavy (non-hydrogen) atoms. The van der Waals surface area contributed by atoms with Gasteiger partial charge in [0.15, 0.2) is 11.6 Å². The SMILES string of the molecule is CC1(C(N)=O)CCN(c2nc3ccccc3nc2N)C1. The molecule has 0 radical (unpaired) electrons. The Morgan fingerprint density at radius 3 is 2.55 bits per heavy atom. The Hall–Kier alpha value is -2.37. The van der Waals surface area contributed by atoms with Gasteiger partial charge >= 0.3 is 0 Å². The second-order valence-corrected chi connectivity index (χ2v) is 5.52. The van der Waals surface area contributed by atoms with E-state index in [1.807, 2.05) is 36.1 Å². The van der Waals surface area contributed by atoms with Crippen LogP contribution >= 0.6 is 0 Å². The maximum Gasteiger partial charge on any atom is 0.225 e. The van der Waals surface area contributed by atoms with Crippen LogP contribution < -0.4 is 16.4 Å². The molecule has 6 nitrogen and oxygen atoms in total. The quantitative estimate of drug-likeness (QED) is 0.846. The Morgan fingerprint density at radius 1 is 1.30 bits per heavy atom. The van der Waals surface area contributed by atoms with Crippen molar-refractivity contribution in [2.24, 2.45) is 11.1 Å². The summed E-state index contributed by atoms with van der Waals surface area (Å²) in [6, 6.07) is 7.58. The molecular weight excluding hydrogens is 254 g/mol. The molecule has 1 aromatic carbocycles. The van der Waals surface area contributed by atoms with Crippen LogP contribution in [-0.2, 0) is 4.79 Å². The Kier molecular flexibility index (Phi) is 2.74. The van der Waals surface area contributed by atoms with Gasteiger partial charge in [0.2, 0.25) is 5.91 Å². The van der Waals surface area contributed by atoms with Gasteiger partial charge in [-0.1, -0.05) is 12.1 Å². The third-order valence-corrected chi connectivity index (χ3v) is 3.95. The molecule has 1 aliphatic heterocycles. The van der Waals surface area contributed by atoms with Crippen LogP contribution in [-0.4, -0.2) is 29.0 Å². The van der Waals surface area contributed by atoms with Gasteiger partial charge in [-0.25, -0.2) is 9.97 Å². The molecule has 0 saturated carbocycles. The van der Waals surface area contributed by atoms with Crippen LogP contribution in [0.25, 0.3) is 11.0 Å². The van der Waals surface area contributed by atoms with Gasteiger partial charge in [-0.15, -0.1) is 0 Å². The zero-order chi connectivity index (χ0) is 14.3. The van der Waals surface area contributed by atoms with Gasteiger partial charge in [-0.05, 0) is 25.5 Å². The number of nitrogens with zero attached hydrogens (tertiary/aromatic N) is 3. The van der Waals surface area contributed by atoms with Crippen molar-refractivity contribution in [3.8, 4) is 0 Å². The average molecular weight is 271 g/mol. The molecule has 1 amide bonds. The summed E-state index contributed by atoms with van der Waals surface area (Å²) < 4.78 is 0. The van der Waals surface area contributed by atoms with Crippen molar-refractivity contribution in [1.29, 1.82) is 0 Å². The molecule has 1 aliphatic rings. The number of fused-ring (bicyclic) bond motifs is 1. The number of rotatable bonds is 2. The summed E-state index contributed by atoms with van der Waals surface area (Å²) >= 11 is 0. The van der Waals surface area contributed by atoms with E-state index in [1.165, 1.54) is 0 Å². The standard InChI is InChI=1S/C14H17N5O/c1-14(13(16)20)6-7-19(8-14)12-11(15)17-9-4-2-3-5-10(9)18-12/h2-5H,6-8H2,1H3,(H2,15,17)(H2,16,20). The minimum atomic E-state index is -0.528. The summed E-state index contributed by atoms with van der Waals surface area (Å²) in [4.78, 5) is 22.4. The van der Waals surface area contributed by atoms with Crippen molar-refractivity contribution in [2.45, 2.75) is 13.3 Å². The van der Waals surface area contributed by atoms with E-state index in [0.29, 0.717) is 31.1 Å². The lowest BCUT2D eigenvalue weighted by Gasteiger charge is -2.22. The molecule has 1 unspecified atom stereocenters. The van der Waals surface area contributed by atoms with Crippen molar-refractivity contribution in [2.75, 3.05) is 23.7 Å². The highest BCUT2D eigenvalue weighted by molar-refractivity contribution is 5.83. The molecule has 1 saturated heterocycles. The van der Waals surface area contributed by atoms with Crippen molar-refractivity contribution < 1.29 is 4.79 Å². The Labute approximate surface area is 116 Å². The molecule has 1 fully saturated rings. The summed E-state index contributed by atoms with van der Waals surface area (Å²) in [6.45, 7) is 3.11. The molecule has 4 N–H and O–H groups in total. The van der Waals surface area contributed by atoms with Gasteiger partial charge in [0, 0.05) is 13.1 Å². The van der Waals surface area contributed by atoms with Crippen LogP contribution in [0.5, 0.6) is 0 Å². The average Bonchev–Trinajstić information content (AvgIpc) is 2.82.